The van der Waals surface area contributed by atoms with Crippen molar-refractivity contribution >= 4 is 23.2 Å². The van der Waals surface area contributed by atoms with Gasteiger partial charge in [0.05, 0.1) is 0 Å². The summed E-state index contributed by atoms with van der Waals surface area (Å²) in [5.41, 5.74) is 4.97. The lowest BCUT2D eigenvalue weighted by molar-refractivity contribution is 0.126. The molecule has 0 saturated carbocycles. The van der Waals surface area contributed by atoms with Crippen molar-refractivity contribution in [3.63, 3.8) is 0 Å². The molecule has 25 heavy (non-hydrogen) atoms. The molecule has 0 bridgehead atoms. The third kappa shape index (κ3) is 3.35. The van der Waals surface area contributed by atoms with Crippen LogP contribution in [0.5, 0.6) is 0 Å². The van der Waals surface area contributed by atoms with Crippen molar-refractivity contribution < 1.29 is 0 Å². The van der Waals surface area contributed by atoms with E-state index in [0.717, 1.165) is 28.7 Å². The molecule has 0 spiro atoms. The first kappa shape index (κ1) is 18.8. The molecule has 1 aliphatic rings. The van der Waals surface area contributed by atoms with Crippen LogP contribution in [0.2, 0.25) is 10.0 Å². The molecule has 0 N–H and O–H groups in total. The van der Waals surface area contributed by atoms with E-state index in [4.69, 9.17) is 23.2 Å². The van der Waals surface area contributed by atoms with Gasteiger partial charge in [-0.2, -0.15) is 0 Å². The lowest BCUT2D eigenvalue weighted by atomic mass is 9.68. The Morgan fingerprint density at radius 3 is 1.76 bits per heavy atom. The summed E-state index contributed by atoms with van der Waals surface area (Å²) in [6, 6.07) is 13.3. The average molecular weight is 376 g/mol. The van der Waals surface area contributed by atoms with Crippen molar-refractivity contribution in [2.75, 3.05) is 20.1 Å². The average Bonchev–Trinajstić information content (AvgIpc) is 2.50. The monoisotopic (exact) mass is 375 g/mol. The molecule has 1 nitrogen and oxygen atoms in total. The standard InChI is InChI=1S/C22H27Cl2N/c1-14(2)16-6-8-17(9-7-16)22(12-25(5)13-22)18-10-19(23)21(15(3)4)20(24)11-18/h6-11,14-15H,12-13H2,1-5H3. The van der Waals surface area contributed by atoms with Crippen LogP contribution in [0.1, 0.15) is 61.8 Å². The van der Waals surface area contributed by atoms with Crippen molar-refractivity contribution in [3.05, 3.63) is 68.7 Å². The van der Waals surface area contributed by atoms with Gasteiger partial charge in [-0.15, -0.1) is 0 Å². The van der Waals surface area contributed by atoms with Crippen LogP contribution in [0, 0.1) is 0 Å². The maximum absolute atomic E-state index is 6.61. The van der Waals surface area contributed by atoms with E-state index in [1.165, 1.54) is 16.7 Å². The van der Waals surface area contributed by atoms with Gasteiger partial charge in [0.1, 0.15) is 0 Å². The van der Waals surface area contributed by atoms with Crippen LogP contribution in [0.3, 0.4) is 0 Å². The van der Waals surface area contributed by atoms with Crippen molar-refractivity contribution in [2.45, 2.75) is 44.9 Å². The predicted molar refractivity (Wildman–Crippen MR) is 109 cm³/mol. The quantitative estimate of drug-likeness (QED) is 0.591. The van der Waals surface area contributed by atoms with Gasteiger partial charge in [0.15, 0.2) is 0 Å². The van der Waals surface area contributed by atoms with E-state index in [2.05, 4.69) is 76.0 Å². The molecular formula is C22H27Cl2N. The zero-order valence-corrected chi connectivity index (χ0v) is 17.2. The number of nitrogens with zero attached hydrogens (tertiary/aromatic N) is 1. The second-order valence-corrected chi connectivity index (χ2v) is 8.85. The SMILES string of the molecule is CC(C)c1ccc(C2(c3cc(Cl)c(C(C)C)c(Cl)c3)CN(C)C2)cc1. The minimum atomic E-state index is -0.0208. The van der Waals surface area contributed by atoms with E-state index in [1.807, 2.05) is 0 Å². The molecule has 0 aromatic heterocycles. The van der Waals surface area contributed by atoms with Crippen LogP contribution < -0.4 is 0 Å². The Kier molecular flexibility index (Phi) is 5.21. The Hall–Kier alpha value is -1.02. The molecule has 3 heteroatoms. The van der Waals surface area contributed by atoms with Crippen molar-refractivity contribution in [2.24, 2.45) is 0 Å². The maximum Gasteiger partial charge on any atom is 0.0458 e. The second-order valence-electron chi connectivity index (χ2n) is 8.04. The molecule has 1 aliphatic heterocycles. The molecule has 1 saturated heterocycles. The first-order valence-corrected chi connectivity index (χ1v) is 9.78. The van der Waals surface area contributed by atoms with Crippen LogP contribution in [0.25, 0.3) is 0 Å². The van der Waals surface area contributed by atoms with Crippen molar-refractivity contribution in [1.82, 2.24) is 4.90 Å². The molecule has 0 atom stereocenters. The van der Waals surface area contributed by atoms with E-state index >= 15 is 0 Å². The van der Waals surface area contributed by atoms with Crippen LogP contribution in [-0.2, 0) is 5.41 Å². The molecule has 2 aromatic carbocycles. The van der Waals surface area contributed by atoms with Gasteiger partial charge in [-0.05, 0) is 53.3 Å². The molecule has 1 fully saturated rings. The minimum absolute atomic E-state index is 0.0208. The number of likely N-dealkylation sites (N-methyl/N-ethyl adjacent to an activating group) is 1. The Balaban J connectivity index is 2.07. The number of benzene rings is 2. The molecule has 134 valence electrons. The Bertz CT molecular complexity index is 733. The molecule has 0 amide bonds. The largest absolute Gasteiger partial charge is 0.304 e. The zero-order valence-electron chi connectivity index (χ0n) is 15.7. The number of rotatable bonds is 4. The maximum atomic E-state index is 6.61. The van der Waals surface area contributed by atoms with Crippen molar-refractivity contribution in [1.29, 1.82) is 0 Å². The molecule has 0 radical (unpaired) electrons. The van der Waals surface area contributed by atoms with Crippen LogP contribution in [0.4, 0.5) is 0 Å². The van der Waals surface area contributed by atoms with Gasteiger partial charge in [-0.3, -0.25) is 0 Å². The summed E-state index contributed by atoms with van der Waals surface area (Å²) >= 11 is 13.2. The minimum Gasteiger partial charge on any atom is -0.304 e. The number of halogens is 2. The summed E-state index contributed by atoms with van der Waals surface area (Å²) in [5.74, 6) is 0.864. The summed E-state index contributed by atoms with van der Waals surface area (Å²) < 4.78 is 0. The van der Waals surface area contributed by atoms with E-state index in [1.54, 1.807) is 0 Å². The smallest absolute Gasteiger partial charge is 0.0458 e. The van der Waals surface area contributed by atoms with Gasteiger partial charge >= 0.3 is 0 Å². The van der Waals surface area contributed by atoms with Crippen LogP contribution in [-0.4, -0.2) is 25.0 Å². The van der Waals surface area contributed by atoms with Gasteiger partial charge in [0.25, 0.3) is 0 Å². The molecule has 0 aliphatic carbocycles. The third-order valence-corrected chi connectivity index (χ3v) is 6.04. The van der Waals surface area contributed by atoms with E-state index in [0.29, 0.717) is 11.8 Å². The summed E-state index contributed by atoms with van der Waals surface area (Å²) in [7, 11) is 2.16. The van der Waals surface area contributed by atoms with Crippen LogP contribution in [0.15, 0.2) is 36.4 Å². The highest BCUT2D eigenvalue weighted by atomic mass is 35.5. The molecule has 1 heterocycles. The Labute approximate surface area is 161 Å². The normalized spacial score (nSPS) is 17.2. The molecule has 2 aromatic rings. The van der Waals surface area contributed by atoms with Crippen molar-refractivity contribution in [3.8, 4) is 0 Å². The molecular weight excluding hydrogens is 349 g/mol. The lowest BCUT2D eigenvalue weighted by Gasteiger charge is -2.50. The Morgan fingerprint density at radius 2 is 1.36 bits per heavy atom. The molecule has 0 unspecified atom stereocenters. The second kappa shape index (κ2) is 6.95. The lowest BCUT2D eigenvalue weighted by Crippen LogP contribution is -2.58. The zero-order chi connectivity index (χ0) is 18.4. The fourth-order valence-electron chi connectivity index (χ4n) is 4.01. The predicted octanol–water partition coefficient (Wildman–Crippen LogP) is 6.47. The number of hydrogen-bond donors (Lipinski definition) is 0. The number of likely N-dealkylation sites (tertiary alicyclic amines) is 1. The van der Waals surface area contributed by atoms with Gasteiger partial charge in [-0.1, -0.05) is 75.2 Å². The molecule has 3 rings (SSSR count). The summed E-state index contributed by atoms with van der Waals surface area (Å²) in [6.07, 6.45) is 0. The van der Waals surface area contributed by atoms with E-state index in [9.17, 15) is 0 Å². The highest BCUT2D eigenvalue weighted by Gasteiger charge is 2.44. The van der Waals surface area contributed by atoms with Gasteiger partial charge in [0, 0.05) is 28.5 Å². The summed E-state index contributed by atoms with van der Waals surface area (Å²) in [5, 5.41) is 1.57. The summed E-state index contributed by atoms with van der Waals surface area (Å²) in [6.45, 7) is 10.7. The third-order valence-electron chi connectivity index (χ3n) is 5.42. The number of hydrogen-bond acceptors (Lipinski definition) is 1. The van der Waals surface area contributed by atoms with E-state index < -0.39 is 0 Å². The van der Waals surface area contributed by atoms with Gasteiger partial charge < -0.3 is 4.90 Å². The van der Waals surface area contributed by atoms with Gasteiger partial charge in [0.2, 0.25) is 0 Å². The Morgan fingerprint density at radius 1 is 0.840 bits per heavy atom. The highest BCUT2D eigenvalue weighted by molar-refractivity contribution is 6.36. The fourth-order valence-corrected chi connectivity index (χ4v) is 4.93. The van der Waals surface area contributed by atoms with Crippen LogP contribution >= 0.6 is 23.2 Å². The first-order chi connectivity index (χ1) is 11.7. The van der Waals surface area contributed by atoms with Gasteiger partial charge in [-0.25, -0.2) is 0 Å². The highest BCUT2D eigenvalue weighted by Crippen LogP contribution is 2.44. The van der Waals surface area contributed by atoms with E-state index in [-0.39, 0.29) is 5.41 Å². The fraction of sp³-hybridized carbons (Fsp3) is 0.455. The topological polar surface area (TPSA) is 3.24 Å². The summed E-state index contributed by atoms with van der Waals surface area (Å²) in [4.78, 5) is 2.34. The first-order valence-electron chi connectivity index (χ1n) is 9.03.